The van der Waals surface area contributed by atoms with E-state index in [0.717, 1.165) is 29.7 Å². The van der Waals surface area contributed by atoms with Crippen LogP contribution in [0.3, 0.4) is 0 Å². The lowest BCUT2D eigenvalue weighted by molar-refractivity contribution is -0.332. The van der Waals surface area contributed by atoms with Gasteiger partial charge >= 0.3 is 11.9 Å². The molecule has 3 atom stereocenters. The third kappa shape index (κ3) is 7.72. The number of hydrogen-bond donors (Lipinski definition) is 0. The number of rotatable bonds is 13. The zero-order valence-corrected chi connectivity index (χ0v) is 24.2. The molecule has 1 fully saturated rings. The molecule has 0 radical (unpaired) electrons. The van der Waals surface area contributed by atoms with E-state index in [1.54, 1.807) is 6.07 Å². The number of methoxy groups -OCH3 is 2. The van der Waals surface area contributed by atoms with Crippen molar-refractivity contribution in [2.24, 2.45) is 0 Å². The Hall–Kier alpha value is -2.65. The van der Waals surface area contributed by atoms with Gasteiger partial charge in [-0.3, -0.25) is 4.79 Å². The number of carbonyl (C=O) groups is 2. The van der Waals surface area contributed by atoms with E-state index in [9.17, 15) is 9.59 Å². The Labute approximate surface area is 235 Å². The molecule has 8 nitrogen and oxygen atoms in total. The Bertz CT molecular complexity index is 1100. The summed E-state index contributed by atoms with van der Waals surface area (Å²) in [6.45, 7) is 6.07. The lowest BCUT2D eigenvalue weighted by Gasteiger charge is -2.48. The van der Waals surface area contributed by atoms with E-state index in [1.165, 1.54) is 21.1 Å². The van der Waals surface area contributed by atoms with E-state index in [4.69, 9.17) is 40.0 Å². The van der Waals surface area contributed by atoms with Gasteiger partial charge in [0.1, 0.15) is 12.4 Å². The van der Waals surface area contributed by atoms with Crippen LogP contribution in [0.2, 0.25) is 5.02 Å². The monoisotopic (exact) mass is 562 g/mol. The Morgan fingerprint density at radius 1 is 1.08 bits per heavy atom. The lowest BCUT2D eigenvalue weighted by Crippen LogP contribution is -2.59. The Morgan fingerprint density at radius 2 is 1.82 bits per heavy atom. The number of hydrogen-bond acceptors (Lipinski definition) is 8. The van der Waals surface area contributed by atoms with Crippen molar-refractivity contribution in [1.82, 2.24) is 0 Å². The fourth-order valence-corrected chi connectivity index (χ4v) is 4.97. The predicted octanol–water partition coefficient (Wildman–Crippen LogP) is 5.60. The standard InChI is InChI=1S/C30H39ClO8/c1-6-8-15-37-26-18-29(28(33)34-4,20-38-21(3)32)39-30(19-26,35-5)24-11-14-27(31)23(17-24)16-22-9-12-25(13-10-22)36-7-2/h9-14,17,26H,6-8,15-16,18-20H2,1-5H3/t26-,29-,30+/m0/s1. The summed E-state index contributed by atoms with van der Waals surface area (Å²) in [7, 11) is 2.79. The van der Waals surface area contributed by atoms with Crippen LogP contribution in [-0.4, -0.2) is 57.7 Å². The molecular weight excluding hydrogens is 524 g/mol. The molecule has 0 amide bonds. The minimum Gasteiger partial charge on any atom is -0.494 e. The molecule has 2 aromatic carbocycles. The topological polar surface area (TPSA) is 89.5 Å². The maximum atomic E-state index is 13.2. The fraction of sp³-hybridized carbons (Fsp3) is 0.533. The molecule has 0 unspecified atom stereocenters. The second kappa shape index (κ2) is 14.1. The Kier molecular flexibility index (Phi) is 11.2. The molecule has 0 aliphatic carbocycles. The highest BCUT2D eigenvalue weighted by Crippen LogP contribution is 2.45. The summed E-state index contributed by atoms with van der Waals surface area (Å²) < 4.78 is 34.7. The van der Waals surface area contributed by atoms with E-state index < -0.39 is 29.4 Å². The first-order valence-corrected chi connectivity index (χ1v) is 13.7. The van der Waals surface area contributed by atoms with Crippen molar-refractivity contribution >= 4 is 23.5 Å². The van der Waals surface area contributed by atoms with Crippen LogP contribution >= 0.6 is 11.6 Å². The van der Waals surface area contributed by atoms with Crippen molar-refractivity contribution in [3.05, 3.63) is 64.2 Å². The van der Waals surface area contributed by atoms with Crippen molar-refractivity contribution in [2.75, 3.05) is 34.0 Å². The van der Waals surface area contributed by atoms with Gasteiger partial charge in [-0.25, -0.2) is 4.79 Å². The first kappa shape index (κ1) is 30.9. The summed E-state index contributed by atoms with van der Waals surface area (Å²) >= 11 is 6.62. The first-order chi connectivity index (χ1) is 18.7. The van der Waals surface area contributed by atoms with Gasteiger partial charge in [0.05, 0.1) is 19.8 Å². The summed E-state index contributed by atoms with van der Waals surface area (Å²) in [6.07, 6.45) is 2.42. The molecule has 0 aromatic heterocycles. The maximum Gasteiger partial charge on any atom is 0.342 e. The Balaban J connectivity index is 2.01. The molecule has 1 saturated heterocycles. The van der Waals surface area contributed by atoms with Gasteiger partial charge in [-0.15, -0.1) is 0 Å². The van der Waals surface area contributed by atoms with Crippen LogP contribution in [0.25, 0.3) is 0 Å². The Morgan fingerprint density at radius 3 is 2.44 bits per heavy atom. The third-order valence-corrected chi connectivity index (χ3v) is 7.14. The van der Waals surface area contributed by atoms with Crippen LogP contribution in [0.15, 0.2) is 42.5 Å². The van der Waals surface area contributed by atoms with Gasteiger partial charge in [0, 0.05) is 44.1 Å². The molecule has 9 heteroatoms. The van der Waals surface area contributed by atoms with Gasteiger partial charge in [0.2, 0.25) is 5.60 Å². The quantitative estimate of drug-likeness (QED) is 0.230. The van der Waals surface area contributed by atoms with Crippen molar-refractivity contribution in [2.45, 2.75) is 70.4 Å². The highest BCUT2D eigenvalue weighted by Gasteiger charge is 2.57. The van der Waals surface area contributed by atoms with Crippen LogP contribution in [0.5, 0.6) is 5.75 Å². The van der Waals surface area contributed by atoms with Crippen molar-refractivity contribution in [1.29, 1.82) is 0 Å². The first-order valence-electron chi connectivity index (χ1n) is 13.3. The van der Waals surface area contributed by atoms with Crippen LogP contribution < -0.4 is 4.74 Å². The molecule has 1 aliphatic heterocycles. The molecule has 0 spiro atoms. The molecule has 1 heterocycles. The number of carbonyl (C=O) groups excluding carboxylic acids is 2. The second-order valence-corrected chi connectivity index (χ2v) is 10.0. The molecule has 0 saturated carbocycles. The maximum absolute atomic E-state index is 13.2. The molecule has 2 aromatic rings. The summed E-state index contributed by atoms with van der Waals surface area (Å²) in [5.41, 5.74) is 0.944. The minimum absolute atomic E-state index is 0.147. The third-order valence-electron chi connectivity index (χ3n) is 6.78. The molecule has 39 heavy (non-hydrogen) atoms. The highest BCUT2D eigenvalue weighted by atomic mass is 35.5. The van der Waals surface area contributed by atoms with E-state index >= 15 is 0 Å². The summed E-state index contributed by atoms with van der Waals surface area (Å²) in [5.74, 6) is -1.79. The molecular formula is C30H39ClO8. The summed E-state index contributed by atoms with van der Waals surface area (Å²) in [6, 6.07) is 13.4. The van der Waals surface area contributed by atoms with E-state index in [0.29, 0.717) is 36.6 Å². The van der Waals surface area contributed by atoms with Crippen molar-refractivity contribution < 1.29 is 38.0 Å². The normalized spacial score (nSPS) is 22.8. The average molecular weight is 563 g/mol. The number of unbranched alkanes of at least 4 members (excludes halogenated alkanes) is 1. The van der Waals surface area contributed by atoms with Crippen LogP contribution in [0, 0.1) is 0 Å². The number of halogens is 1. The largest absolute Gasteiger partial charge is 0.494 e. The number of ether oxygens (including phenoxy) is 6. The van der Waals surface area contributed by atoms with Crippen LogP contribution in [-0.2, 0) is 45.5 Å². The van der Waals surface area contributed by atoms with E-state index in [2.05, 4.69) is 6.92 Å². The molecule has 3 rings (SSSR count). The second-order valence-electron chi connectivity index (χ2n) is 9.64. The van der Waals surface area contributed by atoms with Gasteiger partial charge in [-0.05, 0) is 55.2 Å². The fourth-order valence-electron chi connectivity index (χ4n) is 4.78. The SMILES string of the molecule is CCCCO[C@H]1C[C@](COC(C)=O)(C(=O)OC)O[C@@](OC)(c2ccc(Cl)c(Cc3ccc(OCC)cc3)c2)C1. The summed E-state index contributed by atoms with van der Waals surface area (Å²) in [4.78, 5) is 24.9. The highest BCUT2D eigenvalue weighted by molar-refractivity contribution is 6.31. The molecule has 214 valence electrons. The molecule has 0 bridgehead atoms. The van der Waals surface area contributed by atoms with E-state index in [1.807, 2.05) is 43.3 Å². The van der Waals surface area contributed by atoms with Gasteiger partial charge in [0.25, 0.3) is 0 Å². The minimum atomic E-state index is -1.62. The van der Waals surface area contributed by atoms with Gasteiger partial charge < -0.3 is 28.4 Å². The van der Waals surface area contributed by atoms with Crippen LogP contribution in [0.1, 0.15) is 63.1 Å². The molecule has 0 N–H and O–H groups in total. The van der Waals surface area contributed by atoms with Gasteiger partial charge in [-0.1, -0.05) is 43.1 Å². The van der Waals surface area contributed by atoms with Crippen molar-refractivity contribution in [3.8, 4) is 5.75 Å². The zero-order valence-electron chi connectivity index (χ0n) is 23.4. The van der Waals surface area contributed by atoms with E-state index in [-0.39, 0.29) is 13.0 Å². The molecule has 1 aliphatic rings. The predicted molar refractivity (Wildman–Crippen MR) is 147 cm³/mol. The zero-order chi connectivity index (χ0) is 28.5. The van der Waals surface area contributed by atoms with Crippen LogP contribution in [0.4, 0.5) is 0 Å². The number of esters is 2. The van der Waals surface area contributed by atoms with Crippen molar-refractivity contribution in [3.63, 3.8) is 0 Å². The smallest absolute Gasteiger partial charge is 0.342 e. The number of benzene rings is 2. The van der Waals surface area contributed by atoms with Gasteiger partial charge in [-0.2, -0.15) is 0 Å². The van der Waals surface area contributed by atoms with Gasteiger partial charge in [0.15, 0.2) is 5.79 Å². The lowest BCUT2D eigenvalue weighted by atomic mass is 9.84. The average Bonchev–Trinajstić information content (AvgIpc) is 2.93. The summed E-state index contributed by atoms with van der Waals surface area (Å²) in [5, 5.41) is 0.588.